The summed E-state index contributed by atoms with van der Waals surface area (Å²) in [6.45, 7) is 5.90. The van der Waals surface area contributed by atoms with Crippen molar-refractivity contribution in [1.29, 1.82) is 0 Å². The maximum atomic E-state index is 13.2. The van der Waals surface area contributed by atoms with Crippen LogP contribution in [-0.4, -0.2) is 37.9 Å². The van der Waals surface area contributed by atoms with Gasteiger partial charge in [-0.1, -0.05) is 24.6 Å². The topological polar surface area (TPSA) is 86.1 Å². The Morgan fingerprint density at radius 1 is 1.00 bits per heavy atom. The number of aryl methyl sites for hydroxylation is 1. The molecule has 0 saturated heterocycles. The van der Waals surface area contributed by atoms with E-state index in [0.717, 1.165) is 23.7 Å². The Morgan fingerprint density at radius 2 is 1.68 bits per heavy atom. The number of rotatable bonds is 8. The van der Waals surface area contributed by atoms with Gasteiger partial charge in [0.2, 0.25) is 15.0 Å². The second-order valence-corrected chi connectivity index (χ2v) is 13.4. The Bertz CT molecular complexity index is 1150. The lowest BCUT2D eigenvalue weighted by atomic mass is 9.84. The van der Waals surface area contributed by atoms with Crippen LogP contribution >= 0.6 is 0 Å². The molecular formula is C23H32N2O4S2. The van der Waals surface area contributed by atoms with Gasteiger partial charge in [-0.2, -0.15) is 0 Å². The number of aromatic nitrogens is 2. The Hall–Kier alpha value is -1.67. The molecule has 31 heavy (non-hydrogen) atoms. The normalized spacial score (nSPS) is 24.5. The van der Waals surface area contributed by atoms with E-state index in [1.54, 1.807) is 30.3 Å². The van der Waals surface area contributed by atoms with Gasteiger partial charge in [0, 0.05) is 11.7 Å². The Balaban J connectivity index is 1.53. The predicted octanol–water partition coefficient (Wildman–Crippen LogP) is 4.13. The van der Waals surface area contributed by atoms with E-state index in [1.807, 2.05) is 18.4 Å². The number of fused-ring (bicyclic) bond motifs is 2. The van der Waals surface area contributed by atoms with Gasteiger partial charge in [0.05, 0.1) is 22.1 Å². The summed E-state index contributed by atoms with van der Waals surface area (Å²) >= 11 is 0. The molecule has 0 spiro atoms. The number of nitrogens with zero attached hydrogens (tertiary/aromatic N) is 2. The molecule has 2 bridgehead atoms. The Labute approximate surface area is 185 Å². The SMILES string of the molecule is Cc1nc(S(=O)(=O)CCCS(=O)(=O)c2ccccc2)n([C@@H](C)[C@H]2C[C@H]3CC[C@H]2C3)c1C. The molecule has 2 aliphatic rings. The highest BCUT2D eigenvalue weighted by Crippen LogP contribution is 2.52. The Morgan fingerprint density at radius 3 is 2.29 bits per heavy atom. The monoisotopic (exact) mass is 464 g/mol. The molecule has 0 amide bonds. The maximum absolute atomic E-state index is 13.2. The average Bonchev–Trinajstić information content (AvgIpc) is 3.44. The first-order chi connectivity index (χ1) is 14.6. The molecule has 170 valence electrons. The summed E-state index contributed by atoms with van der Waals surface area (Å²) in [7, 11) is -7.20. The summed E-state index contributed by atoms with van der Waals surface area (Å²) in [5.74, 6) is 1.52. The van der Waals surface area contributed by atoms with Crippen molar-refractivity contribution in [3.05, 3.63) is 41.7 Å². The van der Waals surface area contributed by atoms with Crippen LogP contribution in [0.2, 0.25) is 0 Å². The van der Waals surface area contributed by atoms with E-state index in [9.17, 15) is 16.8 Å². The first-order valence-corrected chi connectivity index (χ1v) is 14.5. The van der Waals surface area contributed by atoms with E-state index >= 15 is 0 Å². The molecule has 0 aliphatic heterocycles. The molecule has 8 heteroatoms. The van der Waals surface area contributed by atoms with Crippen molar-refractivity contribution < 1.29 is 16.8 Å². The van der Waals surface area contributed by atoms with Gasteiger partial charge in [0.15, 0.2) is 9.84 Å². The fourth-order valence-electron chi connectivity index (χ4n) is 5.65. The summed E-state index contributed by atoms with van der Waals surface area (Å²) in [6, 6.07) is 8.26. The fraction of sp³-hybridized carbons (Fsp3) is 0.609. The Kier molecular flexibility index (Phi) is 6.07. The van der Waals surface area contributed by atoms with Gasteiger partial charge >= 0.3 is 0 Å². The highest BCUT2D eigenvalue weighted by molar-refractivity contribution is 7.92. The first kappa shape index (κ1) is 22.5. The van der Waals surface area contributed by atoms with Crippen LogP contribution in [0.3, 0.4) is 0 Å². The largest absolute Gasteiger partial charge is 0.316 e. The van der Waals surface area contributed by atoms with E-state index < -0.39 is 19.7 Å². The summed E-state index contributed by atoms with van der Waals surface area (Å²) < 4.78 is 53.4. The standard InChI is InChI=1S/C23H32N2O4S2/c1-16-17(2)25(18(3)22-15-19-10-11-20(22)14-19)23(24-16)31(28,29)13-7-12-30(26,27)21-8-5-4-6-9-21/h4-6,8-9,18-20,22H,7,10-15H2,1-3H3/t18-,19-,20-,22+/m0/s1. The number of hydrogen-bond acceptors (Lipinski definition) is 5. The molecule has 2 saturated carbocycles. The molecule has 0 unspecified atom stereocenters. The van der Waals surface area contributed by atoms with E-state index in [-0.39, 0.29) is 34.0 Å². The smallest absolute Gasteiger partial charge is 0.228 e. The molecule has 1 aromatic carbocycles. The molecule has 4 rings (SSSR count). The van der Waals surface area contributed by atoms with Gasteiger partial charge in [-0.25, -0.2) is 21.8 Å². The lowest BCUT2D eigenvalue weighted by Crippen LogP contribution is -2.26. The molecule has 0 N–H and O–H groups in total. The zero-order valence-electron chi connectivity index (χ0n) is 18.5. The molecule has 1 aromatic heterocycles. The van der Waals surface area contributed by atoms with Crippen LogP contribution < -0.4 is 0 Å². The van der Waals surface area contributed by atoms with Gasteiger partial charge in [-0.3, -0.25) is 0 Å². The lowest BCUT2D eigenvalue weighted by Gasteiger charge is -2.30. The van der Waals surface area contributed by atoms with Crippen LogP contribution in [0.5, 0.6) is 0 Å². The average molecular weight is 465 g/mol. The molecule has 1 heterocycles. The molecule has 2 fully saturated rings. The quantitative estimate of drug-likeness (QED) is 0.586. The predicted molar refractivity (Wildman–Crippen MR) is 121 cm³/mol. The zero-order valence-corrected chi connectivity index (χ0v) is 20.1. The second-order valence-electron chi connectivity index (χ2n) is 9.32. The highest BCUT2D eigenvalue weighted by Gasteiger charge is 2.43. The van der Waals surface area contributed by atoms with Crippen molar-refractivity contribution in [3.63, 3.8) is 0 Å². The third kappa shape index (κ3) is 4.33. The van der Waals surface area contributed by atoms with Gasteiger partial charge < -0.3 is 4.57 Å². The number of sulfone groups is 2. The van der Waals surface area contributed by atoms with Gasteiger partial charge in [-0.15, -0.1) is 0 Å². The molecule has 2 aliphatic carbocycles. The summed E-state index contributed by atoms with van der Waals surface area (Å²) in [5, 5.41) is 0.106. The van der Waals surface area contributed by atoms with Crippen molar-refractivity contribution >= 4 is 19.7 Å². The van der Waals surface area contributed by atoms with Crippen LogP contribution in [-0.2, 0) is 19.7 Å². The molecule has 6 nitrogen and oxygen atoms in total. The molecule has 0 radical (unpaired) electrons. The molecule has 4 atom stereocenters. The van der Waals surface area contributed by atoms with Crippen LogP contribution in [0.4, 0.5) is 0 Å². The maximum Gasteiger partial charge on any atom is 0.228 e. The van der Waals surface area contributed by atoms with Gasteiger partial charge in [-0.05, 0) is 76.3 Å². The van der Waals surface area contributed by atoms with Crippen molar-refractivity contribution in [2.24, 2.45) is 17.8 Å². The van der Waals surface area contributed by atoms with E-state index in [4.69, 9.17) is 0 Å². The summed E-state index contributed by atoms with van der Waals surface area (Å²) in [5.41, 5.74) is 1.62. The lowest BCUT2D eigenvalue weighted by molar-refractivity contribution is 0.231. The minimum absolute atomic E-state index is 0.0486. The third-order valence-electron chi connectivity index (χ3n) is 7.38. The number of imidazole rings is 1. The summed E-state index contributed by atoms with van der Waals surface area (Å²) in [6.07, 6.45) is 5.02. The zero-order chi connectivity index (χ0) is 22.4. The second kappa shape index (κ2) is 8.35. The minimum Gasteiger partial charge on any atom is -0.316 e. The first-order valence-electron chi connectivity index (χ1n) is 11.2. The molecular weight excluding hydrogens is 432 g/mol. The fourth-order valence-corrected chi connectivity index (χ4v) is 8.75. The van der Waals surface area contributed by atoms with E-state index in [1.165, 1.54) is 19.3 Å². The molecule has 2 aromatic rings. The number of hydrogen-bond donors (Lipinski definition) is 0. The minimum atomic E-state index is -3.70. The van der Waals surface area contributed by atoms with Crippen LogP contribution in [0.25, 0.3) is 0 Å². The van der Waals surface area contributed by atoms with Crippen molar-refractivity contribution in [3.8, 4) is 0 Å². The van der Waals surface area contributed by atoms with E-state index in [0.29, 0.717) is 11.8 Å². The van der Waals surface area contributed by atoms with Crippen molar-refractivity contribution in [2.45, 2.75) is 69.0 Å². The van der Waals surface area contributed by atoms with Crippen molar-refractivity contribution in [2.75, 3.05) is 11.5 Å². The van der Waals surface area contributed by atoms with Gasteiger partial charge in [0.1, 0.15) is 0 Å². The van der Waals surface area contributed by atoms with Gasteiger partial charge in [0.25, 0.3) is 0 Å². The number of benzene rings is 1. The van der Waals surface area contributed by atoms with Crippen molar-refractivity contribution in [1.82, 2.24) is 9.55 Å². The van der Waals surface area contributed by atoms with E-state index in [2.05, 4.69) is 11.9 Å². The summed E-state index contributed by atoms with van der Waals surface area (Å²) in [4.78, 5) is 4.66. The van der Waals surface area contributed by atoms with Crippen LogP contribution in [0, 0.1) is 31.6 Å². The van der Waals surface area contributed by atoms with Crippen LogP contribution in [0.1, 0.15) is 56.5 Å². The highest BCUT2D eigenvalue weighted by atomic mass is 32.2. The van der Waals surface area contributed by atoms with Crippen LogP contribution in [0.15, 0.2) is 40.4 Å². The third-order valence-corrected chi connectivity index (χ3v) is 10.9.